The summed E-state index contributed by atoms with van der Waals surface area (Å²) in [5, 5.41) is 5.11. The number of hydrogen-bond donors (Lipinski definition) is 3. The minimum absolute atomic E-state index is 0.133. The van der Waals surface area contributed by atoms with Crippen LogP contribution in [0.4, 0.5) is 0 Å². The molecule has 0 bridgehead atoms. The second-order valence-corrected chi connectivity index (χ2v) is 5.65. The second kappa shape index (κ2) is 10.8. The van der Waals surface area contributed by atoms with E-state index in [1.165, 1.54) is 0 Å². The van der Waals surface area contributed by atoms with E-state index in [-0.39, 0.29) is 31.4 Å². The van der Waals surface area contributed by atoms with Gasteiger partial charge < -0.3 is 25.8 Å². The van der Waals surface area contributed by atoms with Crippen molar-refractivity contribution < 1.29 is 19.1 Å². The zero-order valence-electron chi connectivity index (χ0n) is 15.2. The summed E-state index contributed by atoms with van der Waals surface area (Å²) < 4.78 is 11.4. The molecule has 0 aliphatic heterocycles. The number of aromatic nitrogens is 1. The lowest BCUT2D eigenvalue weighted by Crippen LogP contribution is -2.39. The van der Waals surface area contributed by atoms with Gasteiger partial charge in [0.1, 0.15) is 11.5 Å². The van der Waals surface area contributed by atoms with Crippen LogP contribution in [0.15, 0.2) is 42.6 Å². The van der Waals surface area contributed by atoms with Crippen molar-refractivity contribution in [3.63, 3.8) is 0 Å². The Balaban J connectivity index is 1.93. The third kappa shape index (κ3) is 6.95. The summed E-state index contributed by atoms with van der Waals surface area (Å²) in [6.07, 6.45) is 2.55. The maximum atomic E-state index is 11.8. The topological polar surface area (TPSA) is 116 Å². The largest absolute Gasteiger partial charge is 0.494 e. The number of nitrogens with one attached hydrogen (secondary N) is 2. The van der Waals surface area contributed by atoms with Gasteiger partial charge in [-0.25, -0.2) is 4.98 Å². The van der Waals surface area contributed by atoms with E-state index in [0.717, 1.165) is 12.2 Å². The molecule has 4 N–H and O–H groups in total. The average molecular weight is 372 g/mol. The molecule has 27 heavy (non-hydrogen) atoms. The fourth-order valence-electron chi connectivity index (χ4n) is 2.09. The van der Waals surface area contributed by atoms with Gasteiger partial charge in [0, 0.05) is 18.3 Å². The summed E-state index contributed by atoms with van der Waals surface area (Å²) in [6.45, 7) is 2.64. The molecule has 0 fully saturated rings. The van der Waals surface area contributed by atoms with Crippen molar-refractivity contribution in [2.75, 3.05) is 19.7 Å². The lowest BCUT2D eigenvalue weighted by molar-refractivity contribution is -0.125. The molecule has 2 rings (SSSR count). The molecule has 1 aromatic heterocycles. The Morgan fingerprint density at radius 3 is 2.52 bits per heavy atom. The van der Waals surface area contributed by atoms with E-state index < -0.39 is 0 Å². The minimum atomic E-state index is -0.387. The molecular formula is C19H24N4O4. The molecule has 1 heterocycles. The highest BCUT2D eigenvalue weighted by Crippen LogP contribution is 2.25. The van der Waals surface area contributed by atoms with Crippen molar-refractivity contribution in [1.29, 1.82) is 0 Å². The zero-order chi connectivity index (χ0) is 19.5. The first-order valence-corrected chi connectivity index (χ1v) is 8.70. The van der Waals surface area contributed by atoms with Gasteiger partial charge in [0.2, 0.25) is 17.7 Å². The molecule has 0 atom stereocenters. The van der Waals surface area contributed by atoms with Gasteiger partial charge in [-0.2, -0.15) is 0 Å². The van der Waals surface area contributed by atoms with Crippen LogP contribution >= 0.6 is 0 Å². The molecule has 144 valence electrons. The average Bonchev–Trinajstić information content (AvgIpc) is 2.70. The van der Waals surface area contributed by atoms with E-state index in [9.17, 15) is 9.59 Å². The van der Waals surface area contributed by atoms with Crippen LogP contribution < -0.4 is 25.8 Å². The molecule has 0 saturated carbocycles. The Bertz CT molecular complexity index is 750. The molecule has 1 aromatic carbocycles. The molecule has 0 spiro atoms. The Morgan fingerprint density at radius 2 is 1.81 bits per heavy atom. The Labute approximate surface area is 158 Å². The van der Waals surface area contributed by atoms with E-state index in [1.54, 1.807) is 30.5 Å². The molecule has 0 aliphatic rings. The predicted octanol–water partition coefficient (Wildman–Crippen LogP) is 1.35. The number of rotatable bonds is 10. The molecular weight excluding hydrogens is 348 g/mol. The van der Waals surface area contributed by atoms with Crippen LogP contribution in [0.3, 0.4) is 0 Å². The van der Waals surface area contributed by atoms with E-state index in [0.29, 0.717) is 23.8 Å². The Hall–Kier alpha value is -3.13. The molecule has 0 radical (unpaired) electrons. The van der Waals surface area contributed by atoms with Crippen molar-refractivity contribution >= 4 is 11.8 Å². The highest BCUT2D eigenvalue weighted by atomic mass is 16.5. The third-order valence-corrected chi connectivity index (χ3v) is 3.47. The maximum absolute atomic E-state index is 11.8. The summed E-state index contributed by atoms with van der Waals surface area (Å²) in [6, 6.07) is 10.8. The molecule has 0 aliphatic carbocycles. The Morgan fingerprint density at radius 1 is 1.07 bits per heavy atom. The number of carbonyl (C=O) groups is 2. The van der Waals surface area contributed by atoms with E-state index in [2.05, 4.69) is 15.6 Å². The summed E-state index contributed by atoms with van der Waals surface area (Å²) in [5.74, 6) is 1.06. The van der Waals surface area contributed by atoms with Gasteiger partial charge in [0.25, 0.3) is 0 Å². The number of nitrogens with zero attached hydrogens (tertiary/aromatic N) is 1. The van der Waals surface area contributed by atoms with Crippen molar-refractivity contribution in [2.24, 2.45) is 5.73 Å². The summed E-state index contributed by atoms with van der Waals surface area (Å²) >= 11 is 0. The highest BCUT2D eigenvalue weighted by molar-refractivity contribution is 5.85. The van der Waals surface area contributed by atoms with Crippen LogP contribution in [0, 0.1) is 0 Å². The van der Waals surface area contributed by atoms with Crippen molar-refractivity contribution in [2.45, 2.75) is 19.9 Å². The van der Waals surface area contributed by atoms with Crippen molar-refractivity contribution in [3.05, 3.63) is 48.2 Å². The lowest BCUT2D eigenvalue weighted by atomic mass is 10.2. The first kappa shape index (κ1) is 20.2. The van der Waals surface area contributed by atoms with Crippen LogP contribution in [0.5, 0.6) is 17.4 Å². The van der Waals surface area contributed by atoms with Crippen LogP contribution in [-0.4, -0.2) is 36.5 Å². The second-order valence-electron chi connectivity index (χ2n) is 5.65. The monoisotopic (exact) mass is 372 g/mol. The van der Waals surface area contributed by atoms with Gasteiger partial charge >= 0.3 is 0 Å². The number of amides is 2. The van der Waals surface area contributed by atoms with Crippen LogP contribution in [0.25, 0.3) is 0 Å². The van der Waals surface area contributed by atoms with E-state index in [4.69, 9.17) is 15.2 Å². The van der Waals surface area contributed by atoms with Gasteiger partial charge in [-0.1, -0.05) is 13.0 Å². The predicted molar refractivity (Wildman–Crippen MR) is 100 cm³/mol. The standard InChI is InChI=1S/C19H24N4O4/c1-2-10-26-15-5-7-16(8-6-15)27-19-14(4-3-9-21-19)12-22-18(25)13-23-17(24)11-20/h3-9H,2,10-13,20H2,1H3,(H,22,25)(H,23,24). The van der Waals surface area contributed by atoms with Crippen LogP contribution in [0.2, 0.25) is 0 Å². The number of ether oxygens (including phenoxy) is 2. The van der Waals surface area contributed by atoms with Gasteiger partial charge in [-0.05, 0) is 36.8 Å². The smallest absolute Gasteiger partial charge is 0.239 e. The summed E-state index contributed by atoms with van der Waals surface area (Å²) in [7, 11) is 0. The number of benzene rings is 1. The lowest BCUT2D eigenvalue weighted by Gasteiger charge is -2.11. The fourth-order valence-corrected chi connectivity index (χ4v) is 2.09. The van der Waals surface area contributed by atoms with Crippen molar-refractivity contribution in [1.82, 2.24) is 15.6 Å². The van der Waals surface area contributed by atoms with Gasteiger partial charge in [-0.15, -0.1) is 0 Å². The van der Waals surface area contributed by atoms with Crippen molar-refractivity contribution in [3.8, 4) is 17.4 Å². The summed E-state index contributed by atoms with van der Waals surface area (Å²) in [5.41, 5.74) is 5.88. The number of nitrogens with two attached hydrogens (primary N) is 1. The molecule has 0 unspecified atom stereocenters. The number of pyridine rings is 1. The Kier molecular flexibility index (Phi) is 8.05. The fraction of sp³-hybridized carbons (Fsp3) is 0.316. The first-order chi connectivity index (χ1) is 13.1. The van der Waals surface area contributed by atoms with Gasteiger partial charge in [0.15, 0.2) is 0 Å². The molecule has 2 aromatic rings. The number of carbonyl (C=O) groups excluding carboxylic acids is 2. The minimum Gasteiger partial charge on any atom is -0.494 e. The summed E-state index contributed by atoms with van der Waals surface area (Å²) in [4.78, 5) is 27.1. The third-order valence-electron chi connectivity index (χ3n) is 3.47. The van der Waals surface area contributed by atoms with Gasteiger partial charge in [0.05, 0.1) is 19.7 Å². The molecule has 8 nitrogen and oxygen atoms in total. The van der Waals surface area contributed by atoms with Gasteiger partial charge in [-0.3, -0.25) is 9.59 Å². The highest BCUT2D eigenvalue weighted by Gasteiger charge is 2.09. The van der Waals surface area contributed by atoms with E-state index >= 15 is 0 Å². The van der Waals surface area contributed by atoms with E-state index in [1.807, 2.05) is 19.1 Å². The molecule has 8 heteroatoms. The quantitative estimate of drug-likeness (QED) is 0.580. The number of hydrogen-bond acceptors (Lipinski definition) is 6. The molecule has 0 saturated heterocycles. The first-order valence-electron chi connectivity index (χ1n) is 8.70. The zero-order valence-corrected chi connectivity index (χ0v) is 15.2. The molecule has 2 amide bonds. The van der Waals surface area contributed by atoms with Crippen LogP contribution in [-0.2, 0) is 16.1 Å². The SMILES string of the molecule is CCCOc1ccc(Oc2ncccc2CNC(=O)CNC(=O)CN)cc1. The normalized spacial score (nSPS) is 10.1. The van der Waals surface area contributed by atoms with Crippen LogP contribution in [0.1, 0.15) is 18.9 Å². The maximum Gasteiger partial charge on any atom is 0.239 e.